The van der Waals surface area contributed by atoms with Gasteiger partial charge in [-0.2, -0.15) is 0 Å². The maximum atomic E-state index is 12.4. The van der Waals surface area contributed by atoms with Crippen LogP contribution in [-0.4, -0.2) is 46.9 Å². The van der Waals surface area contributed by atoms with Crippen LogP contribution in [0.4, 0.5) is 4.79 Å². The number of aliphatic hydroxyl groups is 1. The van der Waals surface area contributed by atoms with E-state index in [2.05, 4.69) is 11.7 Å². The zero-order valence-corrected chi connectivity index (χ0v) is 17.3. The third-order valence-corrected chi connectivity index (χ3v) is 8.79. The van der Waals surface area contributed by atoms with Gasteiger partial charge in [0.25, 0.3) is 0 Å². The Labute approximate surface area is 170 Å². The average Bonchev–Trinajstić information content (AvgIpc) is 2.94. The van der Waals surface area contributed by atoms with Crippen LogP contribution in [0.5, 0.6) is 0 Å². The van der Waals surface area contributed by atoms with Crippen molar-refractivity contribution >= 4 is 17.9 Å². The van der Waals surface area contributed by atoms with E-state index in [1.54, 1.807) is 6.08 Å². The highest BCUT2D eigenvalue weighted by Crippen LogP contribution is 2.68. The van der Waals surface area contributed by atoms with E-state index in [0.29, 0.717) is 12.8 Å². The van der Waals surface area contributed by atoms with Crippen LogP contribution in [0, 0.1) is 28.6 Å². The monoisotopic (exact) mass is 406 g/mol. The molecule has 3 fully saturated rings. The van der Waals surface area contributed by atoms with Gasteiger partial charge in [0, 0.05) is 11.8 Å². The molecular weight excluding hydrogens is 376 g/mol. The van der Waals surface area contributed by atoms with Crippen molar-refractivity contribution in [3.05, 3.63) is 11.6 Å². The number of aliphatic carboxylic acids is 1. The van der Waals surface area contributed by atoms with Gasteiger partial charge in [0.05, 0.1) is 13.2 Å². The third-order valence-electron chi connectivity index (χ3n) is 8.79. The Bertz CT molecular complexity index is 788. The summed E-state index contributed by atoms with van der Waals surface area (Å²) in [7, 11) is 1.17. The molecule has 2 N–H and O–H groups in total. The van der Waals surface area contributed by atoms with Gasteiger partial charge in [0.1, 0.15) is 0 Å². The van der Waals surface area contributed by atoms with E-state index in [4.69, 9.17) is 4.74 Å². The topological polar surface area (TPSA) is 110 Å². The highest BCUT2D eigenvalue weighted by molar-refractivity contribution is 5.91. The molecule has 0 heterocycles. The number of allylic oxidation sites excluding steroid dienone is 1. The number of methoxy groups -OCH3 is 1. The number of carboxylic acid groups (broad SMARTS) is 1. The van der Waals surface area contributed by atoms with Gasteiger partial charge in [-0.1, -0.05) is 19.4 Å². The second-order valence-corrected chi connectivity index (χ2v) is 9.80. The Morgan fingerprint density at radius 2 is 1.90 bits per heavy atom. The van der Waals surface area contributed by atoms with E-state index in [9.17, 15) is 24.6 Å². The molecule has 0 saturated heterocycles. The number of fused-ring (bicyclic) bond motifs is 5. The first-order valence-electron chi connectivity index (χ1n) is 10.5. The number of hydrogen-bond acceptors (Lipinski definition) is 6. The fraction of sp³-hybridized carbons (Fsp3) is 0.773. The Morgan fingerprint density at radius 1 is 1.17 bits per heavy atom. The second-order valence-electron chi connectivity index (χ2n) is 9.80. The molecule has 0 spiro atoms. The smallest absolute Gasteiger partial charge is 0.478 e. The average molecular weight is 406 g/mol. The Balaban J connectivity index is 1.74. The maximum Gasteiger partial charge on any atom is 0.509 e. The van der Waals surface area contributed by atoms with Crippen LogP contribution >= 0.6 is 0 Å². The summed E-state index contributed by atoms with van der Waals surface area (Å²) in [5.74, 6) is -0.890. The number of carbonyl (C=O) groups excluding carboxylic acids is 2. The van der Waals surface area contributed by atoms with Crippen molar-refractivity contribution in [1.29, 1.82) is 0 Å². The molecule has 4 rings (SSSR count). The Hall–Kier alpha value is -1.89. The van der Waals surface area contributed by atoms with Crippen LogP contribution < -0.4 is 0 Å². The molecule has 160 valence electrons. The fourth-order valence-corrected chi connectivity index (χ4v) is 7.42. The highest BCUT2D eigenvalue weighted by atomic mass is 16.7. The molecule has 0 aliphatic heterocycles. The minimum absolute atomic E-state index is 0.0172. The summed E-state index contributed by atoms with van der Waals surface area (Å²) in [6, 6.07) is 0. The van der Waals surface area contributed by atoms with E-state index in [-0.39, 0.29) is 41.8 Å². The van der Waals surface area contributed by atoms with Crippen LogP contribution in [-0.2, 0) is 19.1 Å². The van der Waals surface area contributed by atoms with E-state index in [0.717, 1.165) is 24.8 Å². The van der Waals surface area contributed by atoms with Gasteiger partial charge in [0.2, 0.25) is 5.60 Å². The highest BCUT2D eigenvalue weighted by Gasteiger charge is 2.71. The molecule has 7 nitrogen and oxygen atoms in total. The molecule has 0 radical (unpaired) electrons. The number of ether oxygens (including phenoxy) is 2. The Kier molecular flexibility index (Phi) is 4.61. The van der Waals surface area contributed by atoms with Crippen molar-refractivity contribution in [3.63, 3.8) is 0 Å². The molecule has 0 aromatic carbocycles. The summed E-state index contributed by atoms with van der Waals surface area (Å²) < 4.78 is 10.0. The van der Waals surface area contributed by atoms with Crippen molar-refractivity contribution in [3.8, 4) is 0 Å². The number of aliphatic hydroxyl groups excluding tert-OH is 1. The standard InChI is InChI=1S/C22H30O7/c1-20-8-6-13(23)10-12(20)4-5-14-15-7-9-22(18(25)26,29-19(27)28-3)21(15,2)11-16(24)17(14)20/h10,14-17,24H,4-9,11H2,1-3H3,(H,25,26)/t14?,15?,16?,17?,20?,21?,22-/m0/s1. The summed E-state index contributed by atoms with van der Waals surface area (Å²) in [6.07, 6.45) is 3.96. The number of carbonyl (C=O) groups is 3. The van der Waals surface area contributed by atoms with Crippen LogP contribution in [0.25, 0.3) is 0 Å². The molecule has 7 atom stereocenters. The van der Waals surface area contributed by atoms with Crippen LogP contribution in [0.3, 0.4) is 0 Å². The third kappa shape index (κ3) is 2.62. The summed E-state index contributed by atoms with van der Waals surface area (Å²) in [6.45, 7) is 4.00. The number of rotatable bonds is 2. The predicted molar refractivity (Wildman–Crippen MR) is 102 cm³/mol. The van der Waals surface area contributed by atoms with Crippen molar-refractivity contribution < 1.29 is 34.1 Å². The molecule has 6 unspecified atom stereocenters. The maximum absolute atomic E-state index is 12.4. The number of carboxylic acids is 1. The first kappa shape index (κ1) is 20.4. The lowest BCUT2D eigenvalue weighted by atomic mass is 9.45. The molecule has 3 saturated carbocycles. The molecule has 0 bridgehead atoms. The predicted octanol–water partition coefficient (Wildman–Crippen LogP) is 3.10. The normalized spacial score (nSPS) is 46.1. The van der Waals surface area contributed by atoms with Gasteiger partial charge in [0.15, 0.2) is 5.78 Å². The molecule has 29 heavy (non-hydrogen) atoms. The minimum atomic E-state index is -1.70. The zero-order chi connectivity index (χ0) is 21.2. The van der Waals surface area contributed by atoms with Crippen molar-refractivity contribution in [2.75, 3.05) is 7.11 Å². The van der Waals surface area contributed by atoms with Gasteiger partial charge < -0.3 is 19.7 Å². The Morgan fingerprint density at radius 3 is 2.55 bits per heavy atom. The van der Waals surface area contributed by atoms with E-state index >= 15 is 0 Å². The van der Waals surface area contributed by atoms with Gasteiger partial charge in [-0.15, -0.1) is 0 Å². The zero-order valence-electron chi connectivity index (χ0n) is 17.3. The van der Waals surface area contributed by atoms with Crippen molar-refractivity contribution in [1.82, 2.24) is 0 Å². The van der Waals surface area contributed by atoms with Gasteiger partial charge in [-0.05, 0) is 67.8 Å². The molecule has 7 heteroatoms. The molecule has 0 aromatic heterocycles. The molecular formula is C22H30O7. The quantitative estimate of drug-likeness (QED) is 0.678. The lowest BCUT2D eigenvalue weighted by Gasteiger charge is -2.60. The lowest BCUT2D eigenvalue weighted by Crippen LogP contribution is -2.62. The second kappa shape index (κ2) is 6.56. The van der Waals surface area contributed by atoms with Gasteiger partial charge in [-0.3, -0.25) is 4.79 Å². The van der Waals surface area contributed by atoms with Crippen LogP contribution in [0.2, 0.25) is 0 Å². The lowest BCUT2D eigenvalue weighted by molar-refractivity contribution is -0.198. The van der Waals surface area contributed by atoms with Crippen molar-refractivity contribution in [2.45, 2.75) is 70.5 Å². The fourth-order valence-electron chi connectivity index (χ4n) is 7.42. The summed E-state index contributed by atoms with van der Waals surface area (Å²) in [5.41, 5.74) is -1.69. The molecule has 4 aliphatic carbocycles. The van der Waals surface area contributed by atoms with E-state index in [1.165, 1.54) is 7.11 Å². The van der Waals surface area contributed by atoms with E-state index < -0.39 is 29.2 Å². The van der Waals surface area contributed by atoms with Crippen molar-refractivity contribution in [2.24, 2.45) is 28.6 Å². The van der Waals surface area contributed by atoms with Gasteiger partial charge >= 0.3 is 12.1 Å². The SMILES string of the molecule is COC(=O)O[C@]1(C(=O)O)CCC2C3CCC4=CC(=O)CCC4(C)C3C(O)CC21C. The first-order valence-corrected chi connectivity index (χ1v) is 10.5. The molecule has 4 aliphatic rings. The van der Waals surface area contributed by atoms with Crippen LogP contribution in [0.1, 0.15) is 58.8 Å². The number of ketones is 1. The summed E-state index contributed by atoms with van der Waals surface area (Å²) >= 11 is 0. The summed E-state index contributed by atoms with van der Waals surface area (Å²) in [5, 5.41) is 21.4. The van der Waals surface area contributed by atoms with Crippen LogP contribution in [0.15, 0.2) is 11.6 Å². The molecule has 0 amide bonds. The number of hydrogen-bond donors (Lipinski definition) is 2. The van der Waals surface area contributed by atoms with E-state index in [1.807, 2.05) is 6.92 Å². The van der Waals surface area contributed by atoms with Gasteiger partial charge in [-0.25, -0.2) is 9.59 Å². The first-order chi connectivity index (χ1) is 13.6. The minimum Gasteiger partial charge on any atom is -0.478 e. The molecule has 0 aromatic rings. The summed E-state index contributed by atoms with van der Waals surface area (Å²) in [4.78, 5) is 36.2. The largest absolute Gasteiger partial charge is 0.509 e.